The molecule has 0 unspecified atom stereocenters. The lowest BCUT2D eigenvalue weighted by molar-refractivity contribution is -0.134. The number of anilines is 2. The van der Waals surface area contributed by atoms with Crippen LogP contribution in [0.5, 0.6) is 0 Å². The molecule has 11 heteroatoms. The van der Waals surface area contributed by atoms with Gasteiger partial charge in [-0.25, -0.2) is 9.69 Å². The summed E-state index contributed by atoms with van der Waals surface area (Å²) in [5.74, 6) is -0.259. The van der Waals surface area contributed by atoms with Gasteiger partial charge >= 0.3 is 0 Å². The van der Waals surface area contributed by atoms with Gasteiger partial charge in [0.05, 0.1) is 13.1 Å². The summed E-state index contributed by atoms with van der Waals surface area (Å²) in [6.45, 7) is 14.3. The standard InChI is InChI=1S/C6H4BrN3.C6H5N3.C2H4O2.Br2/c1-9-5-2-4(7)3-10-6(5)8;1-8-5-3-2-4-9-6(5)7;1-2(3)4;1-2/h2-3H,(H2,8,10);2-4H,(H2,7,9);1H3,(H,3,4);. The van der Waals surface area contributed by atoms with Gasteiger partial charge in [0, 0.05) is 52.0 Å². The fourth-order valence-corrected chi connectivity index (χ4v) is 1.35. The normalized spacial score (nSPS) is 7.76. The fourth-order valence-electron chi connectivity index (χ4n) is 1.03. The molecule has 2 aromatic heterocycles. The van der Waals surface area contributed by atoms with E-state index in [1.807, 2.05) is 0 Å². The molecular weight excluding hydrogens is 524 g/mol. The number of nitrogens with zero attached hydrogens (tertiary/aromatic N) is 4. The topological polar surface area (TPSA) is 124 Å². The van der Waals surface area contributed by atoms with E-state index in [1.165, 1.54) is 0 Å². The summed E-state index contributed by atoms with van der Waals surface area (Å²) in [6.07, 6.45) is 3.12. The quantitative estimate of drug-likeness (QED) is 0.408. The molecule has 2 aromatic rings. The smallest absolute Gasteiger partial charge is 0.300 e. The summed E-state index contributed by atoms with van der Waals surface area (Å²) in [4.78, 5) is 22.8. The highest BCUT2D eigenvalue weighted by Crippen LogP contribution is 2.22. The summed E-state index contributed by atoms with van der Waals surface area (Å²) in [5, 5.41) is 7.42. The van der Waals surface area contributed by atoms with E-state index in [1.54, 1.807) is 30.6 Å². The number of nitrogen functional groups attached to an aromatic ring is 2. The van der Waals surface area contributed by atoms with Crippen LogP contribution in [0.25, 0.3) is 9.69 Å². The Hall–Kier alpha value is -2.21. The summed E-state index contributed by atoms with van der Waals surface area (Å²) in [6, 6.07) is 4.95. The zero-order valence-corrected chi connectivity index (χ0v) is 17.6. The average Bonchev–Trinajstić information content (AvgIpc) is 2.59. The Kier molecular flexibility index (Phi) is 15.3. The van der Waals surface area contributed by atoms with E-state index < -0.39 is 5.97 Å². The number of hydrogen-bond donors (Lipinski definition) is 3. The van der Waals surface area contributed by atoms with Crippen molar-refractivity contribution in [1.82, 2.24) is 9.97 Å². The lowest BCUT2D eigenvalue weighted by Gasteiger charge is -1.94. The molecule has 25 heavy (non-hydrogen) atoms. The number of rotatable bonds is 0. The van der Waals surface area contributed by atoms with E-state index in [4.69, 9.17) is 34.5 Å². The van der Waals surface area contributed by atoms with Crippen molar-refractivity contribution in [2.24, 2.45) is 0 Å². The second-order valence-corrected chi connectivity index (χ2v) is 4.62. The van der Waals surface area contributed by atoms with Crippen molar-refractivity contribution in [3.05, 3.63) is 57.9 Å². The molecule has 2 heterocycles. The molecule has 0 fully saturated rings. The van der Waals surface area contributed by atoms with Crippen molar-refractivity contribution in [2.75, 3.05) is 11.5 Å². The summed E-state index contributed by atoms with van der Waals surface area (Å²) >= 11 is 8.68. The largest absolute Gasteiger partial charge is 0.481 e. The van der Waals surface area contributed by atoms with Crippen LogP contribution in [0.1, 0.15) is 6.92 Å². The number of carbonyl (C=O) groups is 1. The molecule has 0 saturated heterocycles. The van der Waals surface area contributed by atoms with Gasteiger partial charge in [0.15, 0.2) is 0 Å². The maximum atomic E-state index is 9.00. The van der Waals surface area contributed by atoms with Gasteiger partial charge in [-0.1, -0.05) is 28.1 Å². The molecule has 0 atom stereocenters. The van der Waals surface area contributed by atoms with Crippen molar-refractivity contribution in [3.63, 3.8) is 0 Å². The van der Waals surface area contributed by atoms with Gasteiger partial charge < -0.3 is 16.6 Å². The Bertz CT molecular complexity index is 755. The van der Waals surface area contributed by atoms with E-state index in [0.717, 1.165) is 11.4 Å². The minimum atomic E-state index is -0.833. The van der Waals surface area contributed by atoms with Crippen molar-refractivity contribution in [2.45, 2.75) is 6.92 Å². The second kappa shape index (κ2) is 15.3. The minimum absolute atomic E-state index is 0.276. The van der Waals surface area contributed by atoms with Crippen molar-refractivity contribution in [3.8, 4) is 0 Å². The maximum absolute atomic E-state index is 9.00. The number of carboxylic acid groups (broad SMARTS) is 1. The number of hydrogen-bond acceptors (Lipinski definition) is 5. The lowest BCUT2D eigenvalue weighted by Crippen LogP contribution is -1.88. The third-order valence-corrected chi connectivity index (χ3v) is 2.35. The second-order valence-electron chi connectivity index (χ2n) is 3.71. The van der Waals surface area contributed by atoms with E-state index in [0.29, 0.717) is 17.2 Å². The Morgan fingerprint density at radius 1 is 1.16 bits per heavy atom. The molecule has 0 bridgehead atoms. The molecule has 132 valence electrons. The third-order valence-electron chi connectivity index (χ3n) is 1.92. The van der Waals surface area contributed by atoms with Crippen LogP contribution in [-0.4, -0.2) is 21.0 Å². The highest BCUT2D eigenvalue weighted by atomic mass is 80.9. The number of aromatic nitrogens is 2. The minimum Gasteiger partial charge on any atom is -0.481 e. The molecule has 0 amide bonds. The van der Waals surface area contributed by atoms with Gasteiger partial charge in [0.25, 0.3) is 5.97 Å². The van der Waals surface area contributed by atoms with Crippen LogP contribution in [0.2, 0.25) is 0 Å². The predicted molar refractivity (Wildman–Crippen MR) is 109 cm³/mol. The number of carboxylic acids is 1. The molecule has 8 nitrogen and oxygen atoms in total. The first-order valence-corrected chi connectivity index (χ1v) is 10.5. The van der Waals surface area contributed by atoms with Crippen LogP contribution >= 0.6 is 44.2 Å². The van der Waals surface area contributed by atoms with Gasteiger partial charge in [-0.15, -0.1) is 0 Å². The van der Waals surface area contributed by atoms with Gasteiger partial charge in [-0.2, -0.15) is 0 Å². The van der Waals surface area contributed by atoms with Gasteiger partial charge in [-0.3, -0.25) is 14.8 Å². The Morgan fingerprint density at radius 3 is 2.00 bits per heavy atom. The molecule has 0 radical (unpaired) electrons. The molecule has 2 rings (SSSR count). The monoisotopic (exact) mass is 534 g/mol. The van der Waals surface area contributed by atoms with E-state index in [9.17, 15) is 0 Å². The molecule has 0 aliphatic rings. The van der Waals surface area contributed by atoms with Crippen LogP contribution < -0.4 is 11.5 Å². The van der Waals surface area contributed by atoms with Crippen LogP contribution in [-0.2, 0) is 4.79 Å². The third kappa shape index (κ3) is 12.8. The lowest BCUT2D eigenvalue weighted by atomic mass is 10.4. The first kappa shape index (κ1) is 25.0. The van der Waals surface area contributed by atoms with Crippen molar-refractivity contribution >= 4 is 73.2 Å². The molecule has 0 aromatic carbocycles. The number of nitrogens with two attached hydrogens (primary N) is 2. The molecule has 0 saturated carbocycles. The Labute approximate surface area is 168 Å². The van der Waals surface area contributed by atoms with Gasteiger partial charge in [0.1, 0.15) is 11.6 Å². The summed E-state index contributed by atoms with van der Waals surface area (Å²) < 4.78 is 0.771. The molecule has 0 aliphatic carbocycles. The molecule has 0 aliphatic heterocycles. The predicted octanol–water partition coefficient (Wildman–Crippen LogP) is 4.97. The van der Waals surface area contributed by atoms with Crippen LogP contribution in [0, 0.1) is 13.1 Å². The van der Waals surface area contributed by atoms with E-state index in [-0.39, 0.29) is 5.82 Å². The first-order valence-electron chi connectivity index (χ1n) is 6.02. The fraction of sp³-hybridized carbons (Fsp3) is 0.0714. The SMILES string of the molecule is BrBr.CC(=O)O.[C-]#[N+]c1cc(Br)cnc1N.[C-]#[N+]c1cccnc1N. The van der Waals surface area contributed by atoms with Gasteiger partial charge in [-0.05, 0) is 6.07 Å². The van der Waals surface area contributed by atoms with Crippen molar-refractivity contribution < 1.29 is 9.90 Å². The highest BCUT2D eigenvalue weighted by molar-refractivity contribution is 9.93. The zero-order valence-electron chi connectivity index (χ0n) is 12.8. The maximum Gasteiger partial charge on any atom is 0.300 e. The van der Waals surface area contributed by atoms with Gasteiger partial charge in [0.2, 0.25) is 11.4 Å². The van der Waals surface area contributed by atoms with E-state index in [2.05, 4.69) is 63.8 Å². The summed E-state index contributed by atoms with van der Waals surface area (Å²) in [5.41, 5.74) is 11.5. The number of pyridine rings is 2. The molecule has 0 spiro atoms. The number of aliphatic carboxylic acids is 1. The van der Waals surface area contributed by atoms with Crippen LogP contribution in [0.3, 0.4) is 0 Å². The van der Waals surface area contributed by atoms with Crippen LogP contribution in [0.4, 0.5) is 23.0 Å². The summed E-state index contributed by atoms with van der Waals surface area (Å²) in [7, 11) is 0. The van der Waals surface area contributed by atoms with Crippen molar-refractivity contribution in [1.29, 1.82) is 0 Å². The van der Waals surface area contributed by atoms with Crippen LogP contribution in [0.15, 0.2) is 35.1 Å². The van der Waals surface area contributed by atoms with E-state index >= 15 is 0 Å². The zero-order chi connectivity index (χ0) is 19.8. The molecular formula is C14H13Br3N6O2. The Morgan fingerprint density at radius 2 is 1.64 bits per heavy atom. The first-order chi connectivity index (χ1) is 11.8. The number of halogens is 3. The highest BCUT2D eigenvalue weighted by Gasteiger charge is 1.98. The molecule has 5 N–H and O–H groups in total. The average molecular weight is 537 g/mol. The Balaban J connectivity index is 0.